The molecule has 3 nitrogen and oxygen atoms in total. The Balaban J connectivity index is 2.50. The molecule has 0 radical (unpaired) electrons. The van der Waals surface area contributed by atoms with Crippen LogP contribution in [0.4, 0.5) is 10.1 Å². The molecule has 1 rings (SSSR count). The zero-order chi connectivity index (χ0) is 13.5. The zero-order valence-corrected chi connectivity index (χ0v) is 11.2. The van der Waals surface area contributed by atoms with Gasteiger partial charge in [0.1, 0.15) is 5.82 Å². The summed E-state index contributed by atoms with van der Waals surface area (Å²) in [6, 6.07) is 8.84. The molecule has 1 aromatic carbocycles. The summed E-state index contributed by atoms with van der Waals surface area (Å²) in [6.07, 6.45) is 0.710. The Morgan fingerprint density at radius 1 is 1.44 bits per heavy atom. The summed E-state index contributed by atoms with van der Waals surface area (Å²) < 4.78 is 13.1. The van der Waals surface area contributed by atoms with Gasteiger partial charge in [0.15, 0.2) is 0 Å². The van der Waals surface area contributed by atoms with Crippen LogP contribution in [-0.4, -0.2) is 25.7 Å². The molecular formula is C14H20FN3. The first-order chi connectivity index (χ1) is 8.52. The lowest BCUT2D eigenvalue weighted by atomic mass is 10.2. The summed E-state index contributed by atoms with van der Waals surface area (Å²) in [7, 11) is 1.90. The molecule has 0 aliphatic rings. The van der Waals surface area contributed by atoms with Gasteiger partial charge in [-0.25, -0.2) is 4.39 Å². The Hall–Kier alpha value is -1.60. The summed E-state index contributed by atoms with van der Waals surface area (Å²) in [5.74, 6) is -0.239. The first kappa shape index (κ1) is 14.5. The van der Waals surface area contributed by atoms with Gasteiger partial charge in [-0.3, -0.25) is 5.32 Å². The predicted octanol–water partition coefficient (Wildman–Crippen LogP) is 2.54. The second kappa shape index (κ2) is 6.97. The second-order valence-corrected chi connectivity index (χ2v) is 4.69. The summed E-state index contributed by atoms with van der Waals surface area (Å²) in [5.41, 5.74) is 0.830. The van der Waals surface area contributed by atoms with Crippen molar-refractivity contribution in [2.75, 3.05) is 18.5 Å². The van der Waals surface area contributed by atoms with Crippen molar-refractivity contribution in [3.05, 3.63) is 30.1 Å². The van der Waals surface area contributed by atoms with Gasteiger partial charge >= 0.3 is 0 Å². The fraction of sp³-hybridized carbons (Fsp3) is 0.500. The van der Waals surface area contributed by atoms with E-state index < -0.39 is 0 Å². The molecule has 1 aromatic rings. The Bertz CT molecular complexity index is 412. The van der Waals surface area contributed by atoms with Gasteiger partial charge in [-0.05, 0) is 38.5 Å². The van der Waals surface area contributed by atoms with Crippen molar-refractivity contribution in [3.63, 3.8) is 0 Å². The molecule has 0 fully saturated rings. The van der Waals surface area contributed by atoms with Gasteiger partial charge in [0.2, 0.25) is 0 Å². The number of halogens is 1. The molecule has 0 spiro atoms. The number of hydrogen-bond acceptors (Lipinski definition) is 3. The molecular weight excluding hydrogens is 229 g/mol. The van der Waals surface area contributed by atoms with Crippen LogP contribution in [0.25, 0.3) is 0 Å². The van der Waals surface area contributed by atoms with Crippen LogP contribution in [0.5, 0.6) is 0 Å². The minimum Gasteiger partial charge on any atom is -0.374 e. The first-order valence-electron chi connectivity index (χ1n) is 6.15. The summed E-state index contributed by atoms with van der Waals surface area (Å²) in [4.78, 5) is 1.95. The number of nitrogens with one attached hydrogen (secondary N) is 1. The van der Waals surface area contributed by atoms with Crippen molar-refractivity contribution < 1.29 is 4.39 Å². The highest BCUT2D eigenvalue weighted by atomic mass is 19.1. The van der Waals surface area contributed by atoms with Crippen LogP contribution in [0.15, 0.2) is 24.3 Å². The topological polar surface area (TPSA) is 39.1 Å². The molecule has 0 bridgehead atoms. The molecule has 0 aromatic heterocycles. The van der Waals surface area contributed by atoms with E-state index in [4.69, 9.17) is 5.26 Å². The van der Waals surface area contributed by atoms with Gasteiger partial charge in [0, 0.05) is 25.3 Å². The molecule has 0 saturated carbocycles. The average molecular weight is 249 g/mol. The highest BCUT2D eigenvalue weighted by Crippen LogP contribution is 2.14. The van der Waals surface area contributed by atoms with Gasteiger partial charge in [-0.2, -0.15) is 5.26 Å². The third kappa shape index (κ3) is 4.72. The first-order valence-corrected chi connectivity index (χ1v) is 6.15. The molecule has 0 amide bonds. The number of nitrogens with zero attached hydrogens (tertiary/aromatic N) is 2. The minimum atomic E-state index is -0.239. The van der Waals surface area contributed by atoms with Crippen LogP contribution in [-0.2, 0) is 0 Å². The Morgan fingerprint density at radius 2 is 2.17 bits per heavy atom. The number of anilines is 1. The lowest BCUT2D eigenvalue weighted by Crippen LogP contribution is -2.36. The van der Waals surface area contributed by atoms with Crippen LogP contribution >= 0.6 is 0 Å². The fourth-order valence-corrected chi connectivity index (χ4v) is 1.75. The highest BCUT2D eigenvalue weighted by Gasteiger charge is 2.10. The maximum atomic E-state index is 13.1. The smallest absolute Gasteiger partial charge is 0.125 e. The molecule has 1 atom stereocenters. The SMILES string of the molecule is CC(C)NC(C#N)CCN(C)c1cccc(F)c1. The van der Waals surface area contributed by atoms with E-state index in [0.717, 1.165) is 5.69 Å². The van der Waals surface area contributed by atoms with E-state index in [1.165, 1.54) is 12.1 Å². The average Bonchev–Trinajstić information content (AvgIpc) is 2.33. The van der Waals surface area contributed by atoms with Crippen LogP contribution in [0.1, 0.15) is 20.3 Å². The van der Waals surface area contributed by atoms with E-state index in [-0.39, 0.29) is 17.9 Å². The third-order valence-electron chi connectivity index (χ3n) is 2.69. The van der Waals surface area contributed by atoms with Crippen molar-refractivity contribution in [3.8, 4) is 6.07 Å². The zero-order valence-electron chi connectivity index (χ0n) is 11.2. The normalized spacial score (nSPS) is 12.2. The van der Waals surface area contributed by atoms with E-state index in [1.807, 2.05) is 31.9 Å². The Labute approximate surface area is 108 Å². The van der Waals surface area contributed by atoms with Crippen LogP contribution in [0.3, 0.4) is 0 Å². The minimum absolute atomic E-state index is 0.166. The van der Waals surface area contributed by atoms with Gasteiger partial charge in [-0.1, -0.05) is 6.07 Å². The lowest BCUT2D eigenvalue weighted by Gasteiger charge is -2.22. The highest BCUT2D eigenvalue weighted by molar-refractivity contribution is 5.45. The standard InChI is InChI=1S/C14H20FN3/c1-11(2)17-13(10-16)7-8-18(3)14-6-4-5-12(15)9-14/h4-6,9,11,13,17H,7-8H2,1-3H3. The Morgan fingerprint density at radius 3 is 2.72 bits per heavy atom. The van der Waals surface area contributed by atoms with E-state index in [0.29, 0.717) is 13.0 Å². The number of benzene rings is 1. The summed E-state index contributed by atoms with van der Waals surface area (Å²) in [6.45, 7) is 4.74. The van der Waals surface area contributed by atoms with Crippen LogP contribution < -0.4 is 10.2 Å². The molecule has 4 heteroatoms. The molecule has 98 valence electrons. The van der Waals surface area contributed by atoms with Gasteiger partial charge < -0.3 is 4.90 Å². The predicted molar refractivity (Wildman–Crippen MR) is 72.0 cm³/mol. The molecule has 1 unspecified atom stereocenters. The number of hydrogen-bond donors (Lipinski definition) is 1. The van der Waals surface area contributed by atoms with Gasteiger partial charge in [0.25, 0.3) is 0 Å². The Kier molecular flexibility index (Phi) is 5.60. The van der Waals surface area contributed by atoms with Crippen molar-refractivity contribution >= 4 is 5.69 Å². The van der Waals surface area contributed by atoms with Crippen molar-refractivity contribution in [1.82, 2.24) is 5.32 Å². The molecule has 1 N–H and O–H groups in total. The van der Waals surface area contributed by atoms with Gasteiger partial charge in [0.05, 0.1) is 12.1 Å². The van der Waals surface area contributed by atoms with E-state index in [1.54, 1.807) is 6.07 Å². The van der Waals surface area contributed by atoms with Crippen LogP contribution in [0.2, 0.25) is 0 Å². The lowest BCUT2D eigenvalue weighted by molar-refractivity contribution is 0.506. The van der Waals surface area contributed by atoms with Gasteiger partial charge in [-0.15, -0.1) is 0 Å². The maximum Gasteiger partial charge on any atom is 0.125 e. The molecule has 0 heterocycles. The maximum absolute atomic E-state index is 13.1. The molecule has 0 aliphatic heterocycles. The van der Waals surface area contributed by atoms with Crippen LogP contribution in [0, 0.1) is 17.1 Å². The second-order valence-electron chi connectivity index (χ2n) is 4.69. The van der Waals surface area contributed by atoms with E-state index >= 15 is 0 Å². The van der Waals surface area contributed by atoms with E-state index in [9.17, 15) is 4.39 Å². The van der Waals surface area contributed by atoms with Crippen molar-refractivity contribution in [2.24, 2.45) is 0 Å². The van der Waals surface area contributed by atoms with Crippen molar-refractivity contribution in [1.29, 1.82) is 5.26 Å². The number of rotatable bonds is 6. The van der Waals surface area contributed by atoms with Crippen molar-refractivity contribution in [2.45, 2.75) is 32.4 Å². The summed E-state index contributed by atoms with van der Waals surface area (Å²) in [5, 5.41) is 12.2. The molecule has 18 heavy (non-hydrogen) atoms. The molecule has 0 saturated heterocycles. The monoisotopic (exact) mass is 249 g/mol. The fourth-order valence-electron chi connectivity index (χ4n) is 1.75. The third-order valence-corrected chi connectivity index (χ3v) is 2.69. The molecule has 0 aliphatic carbocycles. The number of nitriles is 1. The van der Waals surface area contributed by atoms with E-state index in [2.05, 4.69) is 11.4 Å². The summed E-state index contributed by atoms with van der Waals surface area (Å²) >= 11 is 0. The quantitative estimate of drug-likeness (QED) is 0.842. The largest absolute Gasteiger partial charge is 0.374 e.